The summed E-state index contributed by atoms with van der Waals surface area (Å²) in [6.07, 6.45) is 1.82. The number of fused-ring (bicyclic) bond motifs is 1. The average Bonchev–Trinajstić information content (AvgIpc) is 3.04. The van der Waals surface area contributed by atoms with E-state index in [9.17, 15) is 0 Å². The van der Waals surface area contributed by atoms with Gasteiger partial charge in [-0.15, -0.1) is 11.3 Å². The maximum Gasteiger partial charge on any atom is 0.187 e. The van der Waals surface area contributed by atoms with E-state index in [0.29, 0.717) is 12.0 Å². The summed E-state index contributed by atoms with van der Waals surface area (Å²) < 4.78 is 0. The van der Waals surface area contributed by atoms with Crippen molar-refractivity contribution in [3.8, 4) is 0 Å². The van der Waals surface area contributed by atoms with E-state index in [0.717, 1.165) is 17.4 Å². The molecule has 4 heteroatoms. The maximum absolute atomic E-state index is 4.32. The quantitative estimate of drug-likeness (QED) is 0.642. The van der Waals surface area contributed by atoms with E-state index in [1.54, 1.807) is 11.3 Å². The van der Waals surface area contributed by atoms with E-state index in [4.69, 9.17) is 0 Å². The summed E-state index contributed by atoms with van der Waals surface area (Å²) in [5.41, 5.74) is 2.41. The molecule has 2 aromatic carbocycles. The van der Waals surface area contributed by atoms with E-state index in [2.05, 4.69) is 72.8 Å². The molecule has 23 heavy (non-hydrogen) atoms. The van der Waals surface area contributed by atoms with Gasteiger partial charge in [0.25, 0.3) is 0 Å². The molecule has 0 aliphatic rings. The van der Waals surface area contributed by atoms with E-state index >= 15 is 0 Å². The van der Waals surface area contributed by atoms with Crippen LogP contribution in [0.5, 0.6) is 0 Å². The minimum atomic E-state index is 0.306. The number of hydrogen-bond acceptors (Lipinski definition) is 4. The van der Waals surface area contributed by atoms with Gasteiger partial charge in [-0.2, -0.15) is 0 Å². The first-order chi connectivity index (χ1) is 11.1. The lowest BCUT2D eigenvalue weighted by Crippen LogP contribution is -2.23. The molecule has 0 aliphatic carbocycles. The van der Waals surface area contributed by atoms with E-state index in [-0.39, 0.29) is 0 Å². The number of aromatic nitrogens is 1. The van der Waals surface area contributed by atoms with E-state index in [1.807, 2.05) is 11.6 Å². The molecule has 1 heterocycles. The fourth-order valence-corrected chi connectivity index (χ4v) is 3.25. The van der Waals surface area contributed by atoms with Crippen molar-refractivity contribution in [2.75, 3.05) is 11.9 Å². The highest BCUT2D eigenvalue weighted by Crippen LogP contribution is 2.30. The monoisotopic (exact) mass is 325 g/mol. The number of hydrogen-bond donors (Lipinski definition) is 2. The standard InChI is InChI=1S/C19H23N3S/c1-13(2)12-21-14(3)18-11-16(22-19-20-8-9-23-19)10-15-6-4-5-7-17(15)18/h4-11,13-14,21H,12H2,1-3H3,(H,20,22). The van der Waals surface area contributed by atoms with Gasteiger partial charge >= 0.3 is 0 Å². The Morgan fingerprint density at radius 1 is 1.13 bits per heavy atom. The molecule has 3 aromatic rings. The molecule has 0 spiro atoms. The summed E-state index contributed by atoms with van der Waals surface area (Å²) >= 11 is 1.61. The van der Waals surface area contributed by atoms with Gasteiger partial charge in [0, 0.05) is 23.3 Å². The lowest BCUT2D eigenvalue weighted by atomic mass is 9.98. The Morgan fingerprint density at radius 2 is 1.96 bits per heavy atom. The molecule has 1 unspecified atom stereocenters. The Balaban J connectivity index is 1.96. The van der Waals surface area contributed by atoms with Crippen LogP contribution in [0.15, 0.2) is 48.0 Å². The molecule has 0 bridgehead atoms. The van der Waals surface area contributed by atoms with Gasteiger partial charge < -0.3 is 10.6 Å². The molecular formula is C19H23N3S. The van der Waals surface area contributed by atoms with Crippen LogP contribution in [0.3, 0.4) is 0 Å². The second kappa shape index (κ2) is 7.11. The summed E-state index contributed by atoms with van der Waals surface area (Å²) in [7, 11) is 0. The zero-order valence-corrected chi connectivity index (χ0v) is 14.7. The van der Waals surface area contributed by atoms with E-state index in [1.165, 1.54) is 16.3 Å². The second-order valence-electron chi connectivity index (χ2n) is 6.27. The van der Waals surface area contributed by atoms with Crippen LogP contribution in [0.2, 0.25) is 0 Å². The van der Waals surface area contributed by atoms with Gasteiger partial charge in [0.1, 0.15) is 0 Å². The summed E-state index contributed by atoms with van der Waals surface area (Å²) in [6, 6.07) is 13.3. The average molecular weight is 325 g/mol. The predicted octanol–water partition coefficient (Wildman–Crippen LogP) is 5.35. The Kier molecular flexibility index (Phi) is 4.94. The van der Waals surface area contributed by atoms with Crippen molar-refractivity contribution in [2.24, 2.45) is 5.92 Å². The predicted molar refractivity (Wildman–Crippen MR) is 101 cm³/mol. The van der Waals surface area contributed by atoms with Crippen molar-refractivity contribution < 1.29 is 0 Å². The zero-order chi connectivity index (χ0) is 16.2. The Labute approximate surface area is 141 Å². The summed E-state index contributed by atoms with van der Waals surface area (Å²) in [6.45, 7) is 7.72. The van der Waals surface area contributed by atoms with Crippen molar-refractivity contribution in [3.05, 3.63) is 53.5 Å². The number of thiazole rings is 1. The van der Waals surface area contributed by atoms with Gasteiger partial charge in [-0.3, -0.25) is 0 Å². The topological polar surface area (TPSA) is 37.0 Å². The molecule has 120 valence electrons. The highest BCUT2D eigenvalue weighted by Gasteiger charge is 2.12. The van der Waals surface area contributed by atoms with Crippen molar-refractivity contribution >= 4 is 32.9 Å². The number of benzene rings is 2. The largest absolute Gasteiger partial charge is 0.332 e. The fourth-order valence-electron chi connectivity index (χ4n) is 2.70. The zero-order valence-electron chi connectivity index (χ0n) is 13.8. The molecule has 1 aromatic heterocycles. The van der Waals surface area contributed by atoms with Crippen LogP contribution in [-0.4, -0.2) is 11.5 Å². The smallest absolute Gasteiger partial charge is 0.187 e. The highest BCUT2D eigenvalue weighted by molar-refractivity contribution is 7.13. The molecule has 0 radical (unpaired) electrons. The fraction of sp³-hybridized carbons (Fsp3) is 0.316. The number of nitrogens with one attached hydrogen (secondary N) is 2. The Morgan fingerprint density at radius 3 is 2.70 bits per heavy atom. The Hall–Kier alpha value is -1.91. The van der Waals surface area contributed by atoms with E-state index < -0.39 is 0 Å². The normalized spacial score (nSPS) is 12.7. The number of anilines is 2. The first kappa shape index (κ1) is 16.0. The van der Waals surface area contributed by atoms with Gasteiger partial charge in [0.2, 0.25) is 0 Å². The van der Waals surface area contributed by atoms with Gasteiger partial charge in [-0.25, -0.2) is 4.98 Å². The molecule has 0 amide bonds. The SMILES string of the molecule is CC(C)CNC(C)c1cc(Nc2nccs2)cc2ccccc12. The number of rotatable bonds is 6. The lowest BCUT2D eigenvalue weighted by molar-refractivity contribution is 0.498. The minimum Gasteiger partial charge on any atom is -0.332 e. The first-order valence-corrected chi connectivity index (χ1v) is 8.94. The van der Waals surface area contributed by atoms with Crippen LogP contribution in [0, 0.1) is 5.92 Å². The minimum absolute atomic E-state index is 0.306. The first-order valence-electron chi connectivity index (χ1n) is 8.06. The maximum atomic E-state index is 4.32. The van der Waals surface area contributed by atoms with Gasteiger partial charge in [0.05, 0.1) is 0 Å². The molecule has 0 aliphatic heterocycles. The van der Waals surface area contributed by atoms with Gasteiger partial charge in [-0.1, -0.05) is 38.1 Å². The van der Waals surface area contributed by atoms with Crippen LogP contribution in [0.4, 0.5) is 10.8 Å². The van der Waals surface area contributed by atoms with Crippen LogP contribution in [0.1, 0.15) is 32.4 Å². The summed E-state index contributed by atoms with van der Waals surface area (Å²) in [5, 5.41) is 12.5. The molecule has 0 saturated heterocycles. The highest BCUT2D eigenvalue weighted by atomic mass is 32.1. The summed E-state index contributed by atoms with van der Waals surface area (Å²) in [5.74, 6) is 0.639. The molecular weight excluding hydrogens is 302 g/mol. The third-order valence-electron chi connectivity index (χ3n) is 3.88. The van der Waals surface area contributed by atoms with Crippen LogP contribution in [-0.2, 0) is 0 Å². The molecule has 3 rings (SSSR count). The molecule has 0 saturated carbocycles. The van der Waals surface area contributed by atoms with Crippen molar-refractivity contribution in [3.63, 3.8) is 0 Å². The third kappa shape index (κ3) is 3.89. The van der Waals surface area contributed by atoms with Crippen LogP contribution >= 0.6 is 11.3 Å². The van der Waals surface area contributed by atoms with Crippen molar-refractivity contribution in [1.29, 1.82) is 0 Å². The third-order valence-corrected chi connectivity index (χ3v) is 4.56. The molecule has 0 fully saturated rings. The van der Waals surface area contributed by atoms with Crippen molar-refractivity contribution in [2.45, 2.75) is 26.8 Å². The Bertz CT molecular complexity index is 765. The molecule has 2 N–H and O–H groups in total. The molecule has 3 nitrogen and oxygen atoms in total. The van der Waals surface area contributed by atoms with Crippen molar-refractivity contribution in [1.82, 2.24) is 10.3 Å². The van der Waals surface area contributed by atoms with Gasteiger partial charge in [0.15, 0.2) is 5.13 Å². The number of nitrogens with zero attached hydrogens (tertiary/aromatic N) is 1. The second-order valence-corrected chi connectivity index (χ2v) is 7.17. The van der Waals surface area contributed by atoms with Crippen LogP contribution in [0.25, 0.3) is 10.8 Å². The lowest BCUT2D eigenvalue weighted by Gasteiger charge is -2.19. The van der Waals surface area contributed by atoms with Gasteiger partial charge in [-0.05, 0) is 47.9 Å². The summed E-state index contributed by atoms with van der Waals surface area (Å²) in [4.78, 5) is 4.32. The van der Waals surface area contributed by atoms with Crippen LogP contribution < -0.4 is 10.6 Å². The molecule has 1 atom stereocenters.